The first kappa shape index (κ1) is 20.8. The number of rotatable bonds is 7. The molecule has 1 fully saturated rings. The summed E-state index contributed by atoms with van der Waals surface area (Å²) in [6.45, 7) is 11.3. The minimum atomic E-state index is 0.480. The zero-order valence-corrected chi connectivity index (χ0v) is 18.2. The Kier molecular flexibility index (Phi) is 7.86. The molecule has 2 N–H and O–H groups in total. The number of thiazole rings is 1. The summed E-state index contributed by atoms with van der Waals surface area (Å²) in [5.41, 5.74) is 2.83. The predicted octanol–water partition coefficient (Wildman–Crippen LogP) is 3.73. The molecule has 1 aliphatic heterocycles. The maximum absolute atomic E-state index is 4.75. The van der Waals surface area contributed by atoms with Gasteiger partial charge >= 0.3 is 0 Å². The minimum absolute atomic E-state index is 0.480. The molecule has 3 rings (SSSR count). The Morgan fingerprint density at radius 3 is 2.71 bits per heavy atom. The standard InChI is InChI=1S/C22H33N5S/c1-4-20-14-24-21(28-20)15-25-22(23-5-2)26-19-10-12-27(13-11-19)16-18-9-7-6-8-17(18)3/h6-9,14,19H,4-5,10-13,15-16H2,1-3H3,(H2,23,25,26). The van der Waals surface area contributed by atoms with Crippen molar-refractivity contribution in [3.63, 3.8) is 0 Å². The van der Waals surface area contributed by atoms with Crippen LogP contribution < -0.4 is 10.6 Å². The molecular weight excluding hydrogens is 366 g/mol. The Hall–Kier alpha value is -1.92. The van der Waals surface area contributed by atoms with Gasteiger partial charge in [0, 0.05) is 43.3 Å². The SMILES string of the molecule is CCNC(=NCc1ncc(CC)s1)NC1CCN(Cc2ccccc2C)CC1. The van der Waals surface area contributed by atoms with Gasteiger partial charge in [0.15, 0.2) is 5.96 Å². The molecule has 152 valence electrons. The molecule has 1 saturated heterocycles. The van der Waals surface area contributed by atoms with Crippen molar-refractivity contribution in [1.82, 2.24) is 20.5 Å². The second kappa shape index (κ2) is 10.6. The zero-order valence-electron chi connectivity index (χ0n) is 17.4. The summed E-state index contributed by atoms with van der Waals surface area (Å²) in [6.07, 6.45) is 5.31. The molecule has 28 heavy (non-hydrogen) atoms. The van der Waals surface area contributed by atoms with Gasteiger partial charge in [0.1, 0.15) is 5.01 Å². The lowest BCUT2D eigenvalue weighted by molar-refractivity contribution is 0.198. The molecule has 0 atom stereocenters. The van der Waals surface area contributed by atoms with E-state index < -0.39 is 0 Å². The molecule has 0 radical (unpaired) electrons. The highest BCUT2D eigenvalue weighted by Crippen LogP contribution is 2.17. The number of piperidine rings is 1. The fraction of sp³-hybridized carbons (Fsp3) is 0.545. The molecule has 6 heteroatoms. The lowest BCUT2D eigenvalue weighted by Gasteiger charge is -2.33. The van der Waals surface area contributed by atoms with Gasteiger partial charge in [-0.05, 0) is 44.2 Å². The van der Waals surface area contributed by atoms with Crippen LogP contribution in [0.5, 0.6) is 0 Å². The van der Waals surface area contributed by atoms with Crippen molar-refractivity contribution < 1.29 is 0 Å². The molecule has 0 bridgehead atoms. The highest BCUT2D eigenvalue weighted by atomic mass is 32.1. The van der Waals surface area contributed by atoms with Crippen LogP contribution in [0, 0.1) is 6.92 Å². The quantitative estimate of drug-likeness (QED) is 0.550. The molecule has 0 saturated carbocycles. The van der Waals surface area contributed by atoms with Gasteiger partial charge in [-0.2, -0.15) is 0 Å². The number of aryl methyl sites for hydroxylation is 2. The third kappa shape index (κ3) is 6.04. The van der Waals surface area contributed by atoms with Gasteiger partial charge in [0.2, 0.25) is 0 Å². The van der Waals surface area contributed by atoms with Crippen LogP contribution >= 0.6 is 11.3 Å². The van der Waals surface area contributed by atoms with E-state index in [2.05, 4.69) is 65.6 Å². The molecule has 0 spiro atoms. The highest BCUT2D eigenvalue weighted by Gasteiger charge is 2.20. The van der Waals surface area contributed by atoms with Gasteiger partial charge in [0.25, 0.3) is 0 Å². The van der Waals surface area contributed by atoms with E-state index >= 15 is 0 Å². The number of likely N-dealkylation sites (tertiary alicyclic amines) is 1. The summed E-state index contributed by atoms with van der Waals surface area (Å²) in [5.74, 6) is 0.910. The number of aliphatic imine (C=N–C) groups is 1. The second-order valence-corrected chi connectivity index (χ2v) is 8.59. The number of hydrogen-bond acceptors (Lipinski definition) is 4. The number of benzene rings is 1. The van der Waals surface area contributed by atoms with Gasteiger partial charge in [-0.15, -0.1) is 11.3 Å². The lowest BCUT2D eigenvalue weighted by atomic mass is 10.0. The van der Waals surface area contributed by atoms with Crippen LogP contribution in [0.3, 0.4) is 0 Å². The molecule has 1 aromatic heterocycles. The summed E-state index contributed by atoms with van der Waals surface area (Å²) in [7, 11) is 0. The highest BCUT2D eigenvalue weighted by molar-refractivity contribution is 7.11. The van der Waals surface area contributed by atoms with E-state index in [4.69, 9.17) is 4.99 Å². The maximum Gasteiger partial charge on any atom is 0.191 e. The number of aromatic nitrogens is 1. The van der Waals surface area contributed by atoms with Gasteiger partial charge < -0.3 is 10.6 Å². The average molecular weight is 400 g/mol. The third-order valence-corrected chi connectivity index (χ3v) is 6.38. The maximum atomic E-state index is 4.75. The van der Waals surface area contributed by atoms with E-state index in [1.807, 2.05) is 6.20 Å². The van der Waals surface area contributed by atoms with Crippen molar-refractivity contribution in [3.8, 4) is 0 Å². The summed E-state index contributed by atoms with van der Waals surface area (Å²) in [4.78, 5) is 13.1. The van der Waals surface area contributed by atoms with Crippen LogP contribution in [0.4, 0.5) is 0 Å². The van der Waals surface area contributed by atoms with Crippen LogP contribution in [-0.4, -0.2) is 41.5 Å². The van der Waals surface area contributed by atoms with Crippen LogP contribution in [0.1, 0.15) is 47.7 Å². The fourth-order valence-corrected chi connectivity index (χ4v) is 4.30. The van der Waals surface area contributed by atoms with Crippen molar-refractivity contribution >= 4 is 17.3 Å². The average Bonchev–Trinajstić information content (AvgIpc) is 3.18. The van der Waals surface area contributed by atoms with E-state index in [1.165, 1.54) is 16.0 Å². The number of nitrogens with one attached hydrogen (secondary N) is 2. The Morgan fingerprint density at radius 1 is 1.25 bits per heavy atom. The van der Waals surface area contributed by atoms with Gasteiger partial charge in [-0.1, -0.05) is 31.2 Å². The van der Waals surface area contributed by atoms with Gasteiger partial charge in [-0.3, -0.25) is 4.90 Å². The molecule has 5 nitrogen and oxygen atoms in total. The topological polar surface area (TPSA) is 52.6 Å². The molecule has 0 aliphatic carbocycles. The smallest absolute Gasteiger partial charge is 0.191 e. The molecule has 1 aliphatic rings. The Balaban J connectivity index is 1.49. The van der Waals surface area contributed by atoms with E-state index in [1.54, 1.807) is 11.3 Å². The van der Waals surface area contributed by atoms with Crippen molar-refractivity contribution in [2.45, 2.75) is 59.2 Å². The lowest BCUT2D eigenvalue weighted by Crippen LogP contribution is -2.48. The van der Waals surface area contributed by atoms with E-state index in [0.29, 0.717) is 12.6 Å². The molecule has 1 aromatic carbocycles. The summed E-state index contributed by atoms with van der Waals surface area (Å²) in [5, 5.41) is 8.10. The molecule has 2 heterocycles. The zero-order chi connectivity index (χ0) is 19.8. The van der Waals surface area contributed by atoms with E-state index in [9.17, 15) is 0 Å². The largest absolute Gasteiger partial charge is 0.357 e. The Labute approximate surface area is 173 Å². The normalized spacial score (nSPS) is 16.3. The number of guanidine groups is 1. The first-order chi connectivity index (χ1) is 13.7. The molecule has 0 amide bonds. The first-order valence-electron chi connectivity index (χ1n) is 10.4. The van der Waals surface area contributed by atoms with Crippen molar-refractivity contribution in [2.24, 2.45) is 4.99 Å². The van der Waals surface area contributed by atoms with E-state index in [-0.39, 0.29) is 0 Å². The summed E-state index contributed by atoms with van der Waals surface area (Å²) < 4.78 is 0. The van der Waals surface area contributed by atoms with Crippen LogP contribution in [-0.2, 0) is 19.5 Å². The second-order valence-electron chi connectivity index (χ2n) is 7.39. The number of hydrogen-bond donors (Lipinski definition) is 2. The molecular formula is C22H33N5S. The van der Waals surface area contributed by atoms with Crippen LogP contribution in [0.25, 0.3) is 0 Å². The minimum Gasteiger partial charge on any atom is -0.357 e. The van der Waals surface area contributed by atoms with Crippen LogP contribution in [0.15, 0.2) is 35.5 Å². The monoisotopic (exact) mass is 399 g/mol. The van der Waals surface area contributed by atoms with Crippen LogP contribution in [0.2, 0.25) is 0 Å². The molecule has 2 aromatic rings. The fourth-order valence-electron chi connectivity index (χ4n) is 3.51. The predicted molar refractivity (Wildman–Crippen MR) is 119 cm³/mol. The Morgan fingerprint density at radius 2 is 2.04 bits per heavy atom. The van der Waals surface area contributed by atoms with Crippen molar-refractivity contribution in [2.75, 3.05) is 19.6 Å². The van der Waals surface area contributed by atoms with Gasteiger partial charge in [-0.25, -0.2) is 9.98 Å². The molecule has 0 unspecified atom stereocenters. The summed E-state index contributed by atoms with van der Waals surface area (Å²) >= 11 is 1.76. The Bertz CT molecular complexity index is 762. The van der Waals surface area contributed by atoms with Crippen molar-refractivity contribution in [1.29, 1.82) is 0 Å². The van der Waals surface area contributed by atoms with Gasteiger partial charge in [0.05, 0.1) is 6.54 Å². The van der Waals surface area contributed by atoms with E-state index in [0.717, 1.165) is 56.4 Å². The summed E-state index contributed by atoms with van der Waals surface area (Å²) in [6, 6.07) is 9.19. The first-order valence-corrected chi connectivity index (χ1v) is 11.2. The third-order valence-electron chi connectivity index (χ3n) is 5.25. The van der Waals surface area contributed by atoms with Crippen molar-refractivity contribution in [3.05, 3.63) is 51.5 Å². The number of nitrogens with zero attached hydrogens (tertiary/aromatic N) is 3.